The van der Waals surface area contributed by atoms with E-state index in [1.807, 2.05) is 25.1 Å². The number of anilines is 1. The van der Waals surface area contributed by atoms with Gasteiger partial charge in [0.05, 0.1) is 12.3 Å². The third-order valence-corrected chi connectivity index (χ3v) is 4.72. The van der Waals surface area contributed by atoms with E-state index in [9.17, 15) is 9.18 Å². The quantitative estimate of drug-likeness (QED) is 0.463. The van der Waals surface area contributed by atoms with Crippen molar-refractivity contribution in [1.29, 1.82) is 0 Å². The Hall–Kier alpha value is -2.25. The zero-order valence-corrected chi connectivity index (χ0v) is 16.4. The minimum atomic E-state index is -0.276. The molecule has 2 amide bonds. The van der Waals surface area contributed by atoms with Crippen LogP contribution in [-0.4, -0.2) is 38.7 Å². The van der Waals surface area contributed by atoms with Crippen molar-refractivity contribution < 1.29 is 18.7 Å². The van der Waals surface area contributed by atoms with Gasteiger partial charge in [0.15, 0.2) is 0 Å². The van der Waals surface area contributed by atoms with Crippen molar-refractivity contribution in [2.24, 2.45) is 0 Å². The number of halogens is 1. The van der Waals surface area contributed by atoms with Gasteiger partial charge in [-0.05, 0) is 61.1 Å². The summed E-state index contributed by atoms with van der Waals surface area (Å²) in [6.45, 7) is 3.40. The first-order valence-corrected chi connectivity index (χ1v) is 9.72. The minimum absolute atomic E-state index is 0.237. The summed E-state index contributed by atoms with van der Waals surface area (Å²) >= 11 is 1.63. The molecule has 2 rings (SSSR count). The number of nitrogens with one attached hydrogen (secondary N) is 2. The molecule has 2 aromatic rings. The smallest absolute Gasteiger partial charge is 0.319 e. The summed E-state index contributed by atoms with van der Waals surface area (Å²) in [6.07, 6.45) is 0.806. The van der Waals surface area contributed by atoms with Crippen LogP contribution in [0.1, 0.15) is 12.0 Å². The zero-order valence-electron chi connectivity index (χ0n) is 15.6. The predicted octanol–water partition coefficient (Wildman–Crippen LogP) is 4.46. The molecular formula is C20H25FN2O3S. The second-order valence-electron chi connectivity index (χ2n) is 5.88. The molecule has 0 aromatic heterocycles. The number of thioether (sulfide) groups is 1. The molecule has 0 aliphatic heterocycles. The van der Waals surface area contributed by atoms with E-state index in [1.165, 1.54) is 12.1 Å². The van der Waals surface area contributed by atoms with Crippen LogP contribution in [0.4, 0.5) is 14.9 Å². The normalized spacial score (nSPS) is 10.5. The maximum Gasteiger partial charge on any atom is 0.319 e. The van der Waals surface area contributed by atoms with E-state index in [2.05, 4.69) is 10.6 Å². The van der Waals surface area contributed by atoms with Gasteiger partial charge in [0.2, 0.25) is 0 Å². The SMILES string of the molecule is COCCOc1cc(C)ccc1NC(=O)NCCCSc1ccc(F)cc1. The van der Waals surface area contributed by atoms with E-state index >= 15 is 0 Å². The first-order valence-electron chi connectivity index (χ1n) is 8.74. The first-order chi connectivity index (χ1) is 13.1. The summed E-state index contributed by atoms with van der Waals surface area (Å²) in [4.78, 5) is 13.1. The number of hydrogen-bond acceptors (Lipinski definition) is 4. The Morgan fingerprint density at radius 1 is 1.15 bits per heavy atom. The Morgan fingerprint density at radius 3 is 2.67 bits per heavy atom. The van der Waals surface area contributed by atoms with E-state index in [0.717, 1.165) is 22.6 Å². The van der Waals surface area contributed by atoms with Gasteiger partial charge >= 0.3 is 6.03 Å². The Balaban J connectivity index is 1.72. The predicted molar refractivity (Wildman–Crippen MR) is 107 cm³/mol. The Bertz CT molecular complexity index is 726. The van der Waals surface area contributed by atoms with Gasteiger partial charge in [-0.3, -0.25) is 0 Å². The standard InChI is InChI=1S/C20H25FN2O3S/c1-15-4-9-18(19(14-15)26-12-11-25-2)23-20(24)22-10-3-13-27-17-7-5-16(21)6-8-17/h4-9,14H,3,10-13H2,1-2H3,(H2,22,23,24). The van der Waals surface area contributed by atoms with E-state index in [4.69, 9.17) is 9.47 Å². The molecule has 27 heavy (non-hydrogen) atoms. The van der Waals surface area contributed by atoms with Crippen LogP contribution >= 0.6 is 11.8 Å². The van der Waals surface area contributed by atoms with E-state index in [-0.39, 0.29) is 11.8 Å². The van der Waals surface area contributed by atoms with Crippen LogP contribution in [0.3, 0.4) is 0 Å². The van der Waals surface area contributed by atoms with Crippen molar-refractivity contribution in [3.63, 3.8) is 0 Å². The maximum atomic E-state index is 12.9. The van der Waals surface area contributed by atoms with Crippen molar-refractivity contribution in [3.05, 3.63) is 53.8 Å². The van der Waals surface area contributed by atoms with Gasteiger partial charge in [-0.25, -0.2) is 9.18 Å². The second kappa shape index (κ2) is 11.5. The molecule has 0 unspecified atom stereocenters. The molecule has 2 aromatic carbocycles. The van der Waals surface area contributed by atoms with Gasteiger partial charge in [-0.2, -0.15) is 0 Å². The third kappa shape index (κ3) is 7.88. The molecule has 0 aliphatic carbocycles. The van der Waals surface area contributed by atoms with E-state index < -0.39 is 0 Å². The number of ether oxygens (including phenoxy) is 2. The Morgan fingerprint density at radius 2 is 1.93 bits per heavy atom. The number of methoxy groups -OCH3 is 1. The number of carbonyl (C=O) groups is 1. The molecule has 0 aliphatic rings. The van der Waals surface area contributed by atoms with Crippen molar-refractivity contribution in [3.8, 4) is 5.75 Å². The molecule has 0 saturated carbocycles. The van der Waals surface area contributed by atoms with Crippen LogP contribution in [0, 0.1) is 12.7 Å². The summed E-state index contributed by atoms with van der Waals surface area (Å²) in [5.41, 5.74) is 1.67. The van der Waals surface area contributed by atoms with Gasteiger partial charge in [0, 0.05) is 18.6 Å². The van der Waals surface area contributed by atoms with Crippen LogP contribution in [0.5, 0.6) is 5.75 Å². The molecule has 2 N–H and O–H groups in total. The molecule has 7 heteroatoms. The van der Waals surface area contributed by atoms with Gasteiger partial charge in [0.1, 0.15) is 18.2 Å². The lowest BCUT2D eigenvalue weighted by atomic mass is 10.2. The number of carbonyl (C=O) groups excluding carboxylic acids is 1. The molecule has 146 valence electrons. The summed E-state index contributed by atoms with van der Waals surface area (Å²) in [5, 5.41) is 5.65. The summed E-state index contributed by atoms with van der Waals surface area (Å²) in [5.74, 6) is 1.22. The fraction of sp³-hybridized carbons (Fsp3) is 0.350. The third-order valence-electron chi connectivity index (χ3n) is 3.62. The van der Waals surface area contributed by atoms with Gasteiger partial charge in [-0.15, -0.1) is 11.8 Å². The molecule has 0 radical (unpaired) electrons. The number of hydrogen-bond donors (Lipinski definition) is 2. The fourth-order valence-corrected chi connectivity index (χ4v) is 3.10. The monoisotopic (exact) mass is 392 g/mol. The maximum absolute atomic E-state index is 12.9. The van der Waals surface area contributed by atoms with Crippen molar-refractivity contribution in [1.82, 2.24) is 5.32 Å². The van der Waals surface area contributed by atoms with Crippen molar-refractivity contribution in [2.75, 3.05) is 37.9 Å². The minimum Gasteiger partial charge on any atom is -0.489 e. The Kier molecular flexibility index (Phi) is 8.94. The number of rotatable bonds is 10. The van der Waals surface area contributed by atoms with Crippen molar-refractivity contribution >= 4 is 23.5 Å². The lowest BCUT2D eigenvalue weighted by molar-refractivity contribution is 0.146. The summed E-state index contributed by atoms with van der Waals surface area (Å²) in [6, 6.07) is 11.7. The fourth-order valence-electron chi connectivity index (χ4n) is 2.25. The summed E-state index contributed by atoms with van der Waals surface area (Å²) < 4.78 is 23.5. The highest BCUT2D eigenvalue weighted by Gasteiger charge is 2.08. The largest absolute Gasteiger partial charge is 0.489 e. The molecule has 0 saturated heterocycles. The average molecular weight is 392 g/mol. The lowest BCUT2D eigenvalue weighted by Gasteiger charge is -2.14. The topological polar surface area (TPSA) is 59.6 Å². The van der Waals surface area contributed by atoms with Crippen LogP contribution in [0.15, 0.2) is 47.4 Å². The van der Waals surface area contributed by atoms with Gasteiger partial charge < -0.3 is 20.1 Å². The van der Waals surface area contributed by atoms with Crippen LogP contribution < -0.4 is 15.4 Å². The summed E-state index contributed by atoms with van der Waals surface area (Å²) in [7, 11) is 1.61. The van der Waals surface area contributed by atoms with Crippen LogP contribution in [-0.2, 0) is 4.74 Å². The molecule has 0 atom stereocenters. The molecule has 0 fully saturated rings. The molecule has 0 spiro atoms. The number of urea groups is 1. The zero-order chi connectivity index (χ0) is 19.5. The highest BCUT2D eigenvalue weighted by molar-refractivity contribution is 7.99. The molecule has 5 nitrogen and oxygen atoms in total. The van der Waals surface area contributed by atoms with E-state index in [1.54, 1.807) is 31.0 Å². The average Bonchev–Trinajstić information content (AvgIpc) is 2.65. The molecule has 0 bridgehead atoms. The van der Waals surface area contributed by atoms with Crippen molar-refractivity contribution in [2.45, 2.75) is 18.2 Å². The molecule has 0 heterocycles. The van der Waals surface area contributed by atoms with Gasteiger partial charge in [-0.1, -0.05) is 6.07 Å². The first kappa shape index (κ1) is 21.1. The second-order valence-corrected chi connectivity index (χ2v) is 7.05. The number of benzene rings is 2. The van der Waals surface area contributed by atoms with Gasteiger partial charge in [0.25, 0.3) is 0 Å². The highest BCUT2D eigenvalue weighted by Crippen LogP contribution is 2.25. The number of aryl methyl sites for hydroxylation is 1. The lowest BCUT2D eigenvalue weighted by Crippen LogP contribution is -2.30. The molecular weight excluding hydrogens is 367 g/mol. The number of amides is 2. The Labute approximate surface area is 163 Å². The van der Waals surface area contributed by atoms with Crippen LogP contribution in [0.25, 0.3) is 0 Å². The van der Waals surface area contributed by atoms with Crippen LogP contribution in [0.2, 0.25) is 0 Å². The van der Waals surface area contributed by atoms with E-state index in [0.29, 0.717) is 31.2 Å². The highest BCUT2D eigenvalue weighted by atomic mass is 32.2.